The second kappa shape index (κ2) is 9.17. The molecule has 2 aromatic rings. The number of amides is 1. The van der Waals surface area contributed by atoms with E-state index < -0.39 is 0 Å². The van der Waals surface area contributed by atoms with Crippen LogP contribution in [-0.2, 0) is 16.1 Å². The first-order chi connectivity index (χ1) is 13.1. The molecule has 0 bridgehead atoms. The van der Waals surface area contributed by atoms with Crippen LogP contribution in [0.2, 0.25) is 0 Å². The topological polar surface area (TPSA) is 38.8 Å². The lowest BCUT2D eigenvalue weighted by atomic mass is 10.1. The summed E-state index contributed by atoms with van der Waals surface area (Å²) in [5.74, 6) is 0.724. The minimum Gasteiger partial charge on any atom is -0.489 e. The number of rotatable bonds is 7. The van der Waals surface area contributed by atoms with Crippen LogP contribution in [0.1, 0.15) is 16.7 Å². The number of hydrogen-bond donors (Lipinski definition) is 0. The lowest BCUT2D eigenvalue weighted by Crippen LogP contribution is -2.31. The van der Waals surface area contributed by atoms with Crippen LogP contribution in [0.25, 0.3) is 6.08 Å². The van der Waals surface area contributed by atoms with Crippen molar-refractivity contribution in [1.29, 1.82) is 0 Å². The quantitative estimate of drug-likeness (QED) is 0.509. The predicted molar refractivity (Wildman–Crippen MR) is 114 cm³/mol. The molecule has 1 aliphatic rings. The van der Waals surface area contributed by atoms with Crippen molar-refractivity contribution in [2.75, 3.05) is 20.3 Å². The van der Waals surface area contributed by atoms with Crippen molar-refractivity contribution in [2.45, 2.75) is 13.5 Å². The summed E-state index contributed by atoms with van der Waals surface area (Å²) >= 11 is 6.61. The van der Waals surface area contributed by atoms with E-state index in [-0.39, 0.29) is 5.91 Å². The van der Waals surface area contributed by atoms with Crippen molar-refractivity contribution in [2.24, 2.45) is 0 Å². The number of carbonyl (C=O) groups is 1. The van der Waals surface area contributed by atoms with E-state index in [1.54, 1.807) is 12.0 Å². The van der Waals surface area contributed by atoms with Crippen LogP contribution in [0, 0.1) is 6.92 Å². The fraction of sp³-hybridized carbons (Fsp3) is 0.238. The molecule has 0 spiro atoms. The van der Waals surface area contributed by atoms with Gasteiger partial charge >= 0.3 is 0 Å². The molecule has 1 amide bonds. The number of methoxy groups -OCH3 is 1. The van der Waals surface area contributed by atoms with Crippen LogP contribution in [-0.4, -0.2) is 35.4 Å². The molecule has 3 rings (SSSR count). The maximum Gasteiger partial charge on any atom is 0.266 e. The van der Waals surface area contributed by atoms with Gasteiger partial charge in [-0.3, -0.25) is 9.69 Å². The fourth-order valence-corrected chi connectivity index (χ4v) is 3.85. The van der Waals surface area contributed by atoms with Gasteiger partial charge in [-0.2, -0.15) is 0 Å². The van der Waals surface area contributed by atoms with E-state index in [2.05, 4.69) is 31.2 Å². The highest BCUT2D eigenvalue weighted by Gasteiger charge is 2.31. The molecule has 0 aromatic heterocycles. The molecule has 1 fully saturated rings. The SMILES string of the molecule is COCCN1C(=O)/C(=C\c2ccc(OCc3ccc(C)cc3)cc2)SC1=S. The second-order valence-electron chi connectivity index (χ2n) is 6.17. The van der Waals surface area contributed by atoms with Crippen LogP contribution < -0.4 is 4.74 Å². The Morgan fingerprint density at radius 1 is 1.11 bits per heavy atom. The van der Waals surface area contributed by atoms with E-state index in [4.69, 9.17) is 21.7 Å². The summed E-state index contributed by atoms with van der Waals surface area (Å²) in [6.07, 6.45) is 1.86. The molecule has 0 radical (unpaired) electrons. The Bertz CT molecular complexity index is 845. The third-order valence-electron chi connectivity index (χ3n) is 4.10. The number of ether oxygens (including phenoxy) is 2. The lowest BCUT2D eigenvalue weighted by Gasteiger charge is -2.12. The standard InChI is InChI=1S/C21H21NO3S2/c1-15-3-5-17(6-4-15)14-25-18-9-7-16(8-10-18)13-19-20(23)22(11-12-24-2)21(26)27-19/h3-10,13H,11-12,14H2,1-2H3/b19-13+. The highest BCUT2D eigenvalue weighted by Crippen LogP contribution is 2.32. The van der Waals surface area contributed by atoms with Gasteiger partial charge in [-0.25, -0.2) is 0 Å². The van der Waals surface area contributed by atoms with Crippen LogP contribution in [0.3, 0.4) is 0 Å². The second-order valence-corrected chi connectivity index (χ2v) is 7.85. The number of hydrogen-bond acceptors (Lipinski definition) is 5. The Labute approximate surface area is 169 Å². The van der Waals surface area contributed by atoms with E-state index >= 15 is 0 Å². The van der Waals surface area contributed by atoms with Crippen LogP contribution >= 0.6 is 24.0 Å². The molecule has 0 N–H and O–H groups in total. The first-order valence-corrected chi connectivity index (χ1v) is 9.82. The fourth-order valence-electron chi connectivity index (χ4n) is 2.54. The maximum absolute atomic E-state index is 12.4. The Balaban J connectivity index is 1.61. The zero-order chi connectivity index (χ0) is 19.2. The van der Waals surface area contributed by atoms with Crippen molar-refractivity contribution < 1.29 is 14.3 Å². The van der Waals surface area contributed by atoms with Crippen molar-refractivity contribution in [3.63, 3.8) is 0 Å². The van der Waals surface area contributed by atoms with E-state index in [0.717, 1.165) is 16.9 Å². The highest BCUT2D eigenvalue weighted by molar-refractivity contribution is 8.26. The Morgan fingerprint density at radius 3 is 2.48 bits per heavy atom. The van der Waals surface area contributed by atoms with Gasteiger partial charge in [0.25, 0.3) is 5.91 Å². The van der Waals surface area contributed by atoms with Crippen molar-refractivity contribution >= 4 is 40.3 Å². The number of thioether (sulfide) groups is 1. The van der Waals surface area contributed by atoms with Gasteiger partial charge in [0, 0.05) is 7.11 Å². The molecule has 140 valence electrons. The summed E-state index contributed by atoms with van der Waals surface area (Å²) in [6, 6.07) is 16.0. The predicted octanol–water partition coefficient (Wildman–Crippen LogP) is 4.42. The third-order valence-corrected chi connectivity index (χ3v) is 5.47. The zero-order valence-corrected chi connectivity index (χ0v) is 16.9. The first kappa shape index (κ1) is 19.6. The normalized spacial score (nSPS) is 15.6. The number of carbonyl (C=O) groups excluding carboxylic acids is 1. The molecule has 0 atom stereocenters. The summed E-state index contributed by atoms with van der Waals surface area (Å²) < 4.78 is 11.4. The van der Waals surface area contributed by atoms with Crippen molar-refractivity contribution in [3.8, 4) is 5.75 Å². The van der Waals surface area contributed by atoms with E-state index in [9.17, 15) is 4.79 Å². The smallest absolute Gasteiger partial charge is 0.266 e. The largest absolute Gasteiger partial charge is 0.489 e. The van der Waals surface area contributed by atoms with Gasteiger partial charge in [-0.15, -0.1) is 0 Å². The highest BCUT2D eigenvalue weighted by atomic mass is 32.2. The molecule has 0 aliphatic carbocycles. The lowest BCUT2D eigenvalue weighted by molar-refractivity contribution is -0.122. The maximum atomic E-state index is 12.4. The molecular weight excluding hydrogens is 378 g/mol. The Kier molecular flexibility index (Phi) is 6.66. The molecule has 1 aliphatic heterocycles. The van der Waals surface area contributed by atoms with Crippen LogP contribution in [0.4, 0.5) is 0 Å². The monoisotopic (exact) mass is 399 g/mol. The number of thiocarbonyl (C=S) groups is 1. The zero-order valence-electron chi connectivity index (χ0n) is 15.3. The average molecular weight is 400 g/mol. The average Bonchev–Trinajstić information content (AvgIpc) is 2.94. The Morgan fingerprint density at radius 2 is 1.81 bits per heavy atom. The van der Waals surface area contributed by atoms with Gasteiger partial charge in [-0.1, -0.05) is 65.9 Å². The summed E-state index contributed by atoms with van der Waals surface area (Å²) in [5, 5.41) is 0. The first-order valence-electron chi connectivity index (χ1n) is 8.59. The molecule has 6 heteroatoms. The van der Waals surface area contributed by atoms with E-state index in [0.29, 0.717) is 29.0 Å². The van der Waals surface area contributed by atoms with Gasteiger partial charge in [0.2, 0.25) is 0 Å². The van der Waals surface area contributed by atoms with E-state index in [1.807, 2.05) is 30.3 Å². The van der Waals surface area contributed by atoms with Crippen molar-refractivity contribution in [1.82, 2.24) is 4.90 Å². The van der Waals surface area contributed by atoms with Gasteiger partial charge in [-0.05, 0) is 36.3 Å². The van der Waals surface area contributed by atoms with Crippen LogP contribution in [0.5, 0.6) is 5.75 Å². The summed E-state index contributed by atoms with van der Waals surface area (Å²) in [6.45, 7) is 3.53. The van der Waals surface area contributed by atoms with Gasteiger partial charge in [0.05, 0.1) is 18.1 Å². The molecule has 1 saturated heterocycles. The van der Waals surface area contributed by atoms with Crippen LogP contribution in [0.15, 0.2) is 53.4 Å². The van der Waals surface area contributed by atoms with Gasteiger partial charge in [0.15, 0.2) is 0 Å². The van der Waals surface area contributed by atoms with Gasteiger partial charge in [0.1, 0.15) is 16.7 Å². The molecule has 4 nitrogen and oxygen atoms in total. The third kappa shape index (κ3) is 5.19. The molecule has 0 saturated carbocycles. The Hall–Kier alpha value is -2.15. The minimum absolute atomic E-state index is 0.0678. The molecular formula is C21H21NO3S2. The summed E-state index contributed by atoms with van der Waals surface area (Å²) in [7, 11) is 1.61. The number of benzene rings is 2. The molecule has 1 heterocycles. The number of aryl methyl sites for hydroxylation is 1. The van der Waals surface area contributed by atoms with E-state index in [1.165, 1.54) is 17.3 Å². The summed E-state index contributed by atoms with van der Waals surface area (Å²) in [4.78, 5) is 14.7. The molecule has 2 aromatic carbocycles. The van der Waals surface area contributed by atoms with Crippen molar-refractivity contribution in [3.05, 3.63) is 70.1 Å². The van der Waals surface area contributed by atoms with Gasteiger partial charge < -0.3 is 9.47 Å². The molecule has 27 heavy (non-hydrogen) atoms. The number of nitrogens with zero attached hydrogens (tertiary/aromatic N) is 1. The summed E-state index contributed by atoms with van der Waals surface area (Å²) in [5.41, 5.74) is 3.30. The minimum atomic E-state index is -0.0678. The molecule has 0 unspecified atom stereocenters.